The van der Waals surface area contributed by atoms with Crippen LogP contribution in [-0.2, 0) is 4.79 Å². The van der Waals surface area contributed by atoms with Gasteiger partial charge in [-0.25, -0.2) is 4.79 Å². The van der Waals surface area contributed by atoms with Gasteiger partial charge in [0.15, 0.2) is 0 Å². The highest BCUT2D eigenvalue weighted by Crippen LogP contribution is 2.45. The molecule has 0 bridgehead atoms. The van der Waals surface area contributed by atoms with Gasteiger partial charge in [0.1, 0.15) is 24.1 Å². The number of anilines is 2. The zero-order chi connectivity index (χ0) is 29.8. The number of carbonyl (C=O) groups is 2. The van der Waals surface area contributed by atoms with Crippen molar-refractivity contribution in [2.75, 3.05) is 37.5 Å². The molecule has 3 amide bonds. The van der Waals surface area contributed by atoms with Crippen LogP contribution >= 0.6 is 23.2 Å². The highest BCUT2D eigenvalue weighted by molar-refractivity contribution is 6.39. The van der Waals surface area contributed by atoms with Crippen molar-refractivity contribution in [2.45, 2.75) is 25.8 Å². The molecule has 0 fully saturated rings. The number of aromatic nitrogens is 1. The summed E-state index contributed by atoms with van der Waals surface area (Å²) in [4.78, 5) is 31.3. The number of methoxy groups -OCH3 is 2. The van der Waals surface area contributed by atoms with Gasteiger partial charge in [0, 0.05) is 18.3 Å². The third-order valence-electron chi connectivity index (χ3n) is 7.31. The minimum absolute atomic E-state index is 0.175. The van der Waals surface area contributed by atoms with Gasteiger partial charge >= 0.3 is 6.03 Å². The van der Waals surface area contributed by atoms with Crippen molar-refractivity contribution in [3.05, 3.63) is 100 Å². The third kappa shape index (κ3) is 5.65. The molecule has 1 aliphatic heterocycles. The Kier molecular flexibility index (Phi) is 8.94. The lowest BCUT2D eigenvalue weighted by Gasteiger charge is -2.40. The molecular formula is C32H32Cl2N4O4. The summed E-state index contributed by atoms with van der Waals surface area (Å²) in [5.41, 5.74) is 3.51. The summed E-state index contributed by atoms with van der Waals surface area (Å²) in [5, 5.41) is 3.44. The van der Waals surface area contributed by atoms with Crippen molar-refractivity contribution in [3.63, 3.8) is 0 Å². The Balaban J connectivity index is 1.57. The van der Waals surface area contributed by atoms with E-state index in [9.17, 15) is 9.59 Å². The Bertz CT molecular complexity index is 1580. The second kappa shape index (κ2) is 12.8. The largest absolute Gasteiger partial charge is 0.497 e. The summed E-state index contributed by atoms with van der Waals surface area (Å²) in [7, 11) is 3.20. The lowest BCUT2D eigenvalue weighted by Crippen LogP contribution is -2.48. The second-order valence-corrected chi connectivity index (χ2v) is 10.7. The zero-order valence-corrected chi connectivity index (χ0v) is 25.2. The number of amides is 3. The van der Waals surface area contributed by atoms with Crippen molar-refractivity contribution < 1.29 is 19.1 Å². The summed E-state index contributed by atoms with van der Waals surface area (Å²) in [6.45, 7) is 2.23. The number of carbonyl (C=O) groups excluding carboxylic acids is 2. The monoisotopic (exact) mass is 606 g/mol. The van der Waals surface area contributed by atoms with E-state index in [0.717, 1.165) is 23.4 Å². The van der Waals surface area contributed by atoms with Gasteiger partial charge in [-0.3, -0.25) is 9.69 Å². The zero-order valence-electron chi connectivity index (χ0n) is 23.6. The van der Waals surface area contributed by atoms with Crippen LogP contribution in [0.2, 0.25) is 10.0 Å². The van der Waals surface area contributed by atoms with E-state index in [-0.39, 0.29) is 12.5 Å². The van der Waals surface area contributed by atoms with Gasteiger partial charge < -0.3 is 24.3 Å². The van der Waals surface area contributed by atoms with Crippen molar-refractivity contribution in [1.29, 1.82) is 0 Å². The second-order valence-electron chi connectivity index (χ2n) is 9.87. The number of nitrogens with zero attached hydrogens (tertiary/aromatic N) is 3. The maximum Gasteiger partial charge on any atom is 0.322 e. The summed E-state index contributed by atoms with van der Waals surface area (Å²) >= 11 is 12.7. The molecule has 0 saturated carbocycles. The standard InChI is InChI=1S/C32H32Cl2N4O4/c1-4-5-17-36(32(40)35-30-23(33)10-8-11-24(30)34)20-29(39)38-26-13-7-6-12-25(26)37-18-9-14-27(37)31(38)22-19-21(41-2)15-16-28(22)42-3/h6-16,18-19,31H,4-5,17,20H2,1-3H3,(H,35,40)/t31-/m0/s1. The van der Waals surface area contributed by atoms with E-state index in [4.69, 9.17) is 32.7 Å². The van der Waals surface area contributed by atoms with Gasteiger partial charge in [-0.05, 0) is 61.0 Å². The number of ether oxygens (including phenoxy) is 2. The smallest absolute Gasteiger partial charge is 0.322 e. The first-order valence-corrected chi connectivity index (χ1v) is 14.4. The molecule has 1 aliphatic rings. The number of para-hydroxylation sites is 3. The number of hydrogen-bond donors (Lipinski definition) is 1. The predicted octanol–water partition coefficient (Wildman–Crippen LogP) is 7.57. The molecule has 4 aromatic rings. The van der Waals surface area contributed by atoms with Crippen LogP contribution in [0.3, 0.4) is 0 Å². The number of nitrogens with one attached hydrogen (secondary N) is 1. The van der Waals surface area contributed by atoms with Crippen LogP contribution in [0.4, 0.5) is 16.2 Å². The molecule has 218 valence electrons. The van der Waals surface area contributed by atoms with Crippen LogP contribution in [0, 0.1) is 0 Å². The van der Waals surface area contributed by atoms with Crippen LogP contribution in [0.5, 0.6) is 11.5 Å². The molecular weight excluding hydrogens is 575 g/mol. The van der Waals surface area contributed by atoms with Crippen molar-refractivity contribution in [1.82, 2.24) is 9.47 Å². The molecule has 0 radical (unpaired) electrons. The highest BCUT2D eigenvalue weighted by Gasteiger charge is 2.38. The number of urea groups is 1. The van der Waals surface area contributed by atoms with E-state index in [0.29, 0.717) is 45.9 Å². The summed E-state index contributed by atoms with van der Waals surface area (Å²) in [6, 6.07) is 21.2. The topological polar surface area (TPSA) is 76.0 Å². The third-order valence-corrected chi connectivity index (χ3v) is 7.94. The average molecular weight is 608 g/mol. The molecule has 0 saturated heterocycles. The maximum atomic E-state index is 14.5. The predicted molar refractivity (Wildman–Crippen MR) is 167 cm³/mol. The van der Waals surface area contributed by atoms with Crippen LogP contribution in [-0.4, -0.2) is 48.7 Å². The van der Waals surface area contributed by atoms with Crippen LogP contribution < -0.4 is 19.7 Å². The van der Waals surface area contributed by atoms with Crippen molar-refractivity contribution in [3.8, 4) is 17.2 Å². The fraction of sp³-hybridized carbons (Fsp3) is 0.250. The van der Waals surface area contributed by atoms with Gasteiger partial charge in [0.05, 0.1) is 47.0 Å². The Morgan fingerprint density at radius 2 is 1.67 bits per heavy atom. The minimum Gasteiger partial charge on any atom is -0.497 e. The van der Waals surface area contributed by atoms with Crippen LogP contribution in [0.15, 0.2) is 79.0 Å². The van der Waals surface area contributed by atoms with Crippen LogP contribution in [0.25, 0.3) is 5.69 Å². The number of unbranched alkanes of at least 4 members (excludes halogenated alkanes) is 1. The van der Waals surface area contributed by atoms with Gasteiger partial charge in [-0.1, -0.05) is 54.7 Å². The van der Waals surface area contributed by atoms with Gasteiger partial charge in [0.2, 0.25) is 5.91 Å². The van der Waals surface area contributed by atoms with E-state index in [1.807, 2.05) is 67.7 Å². The summed E-state index contributed by atoms with van der Waals surface area (Å²) < 4.78 is 13.4. The number of fused-ring (bicyclic) bond motifs is 3. The van der Waals surface area contributed by atoms with Gasteiger partial charge in [0.25, 0.3) is 0 Å². The molecule has 10 heteroatoms. The highest BCUT2D eigenvalue weighted by atomic mass is 35.5. The molecule has 2 heterocycles. The number of rotatable bonds is 9. The molecule has 8 nitrogen and oxygen atoms in total. The van der Waals surface area contributed by atoms with E-state index in [2.05, 4.69) is 9.88 Å². The summed E-state index contributed by atoms with van der Waals surface area (Å²) in [6.07, 6.45) is 3.53. The molecule has 3 aromatic carbocycles. The number of benzene rings is 3. The Morgan fingerprint density at radius 1 is 0.929 bits per heavy atom. The first-order valence-electron chi connectivity index (χ1n) is 13.7. The molecule has 0 unspecified atom stereocenters. The number of hydrogen-bond acceptors (Lipinski definition) is 4. The molecule has 0 spiro atoms. The molecule has 1 aromatic heterocycles. The first kappa shape index (κ1) is 29.4. The molecule has 5 rings (SSSR count). The SMILES string of the molecule is CCCCN(CC(=O)N1c2ccccc2-n2cccc2[C@@H]1c1cc(OC)ccc1OC)C(=O)Nc1c(Cl)cccc1Cl. The van der Waals surface area contributed by atoms with E-state index >= 15 is 0 Å². The van der Waals surface area contributed by atoms with Gasteiger partial charge in [-0.2, -0.15) is 0 Å². The quantitative estimate of drug-likeness (QED) is 0.213. The van der Waals surface area contributed by atoms with Crippen molar-refractivity contribution >= 4 is 46.5 Å². The average Bonchev–Trinajstić information content (AvgIpc) is 3.50. The Morgan fingerprint density at radius 3 is 2.36 bits per heavy atom. The first-order chi connectivity index (χ1) is 20.4. The van der Waals surface area contributed by atoms with Gasteiger partial charge in [-0.15, -0.1) is 0 Å². The fourth-order valence-corrected chi connectivity index (χ4v) is 5.75. The maximum absolute atomic E-state index is 14.5. The fourth-order valence-electron chi connectivity index (χ4n) is 5.25. The molecule has 42 heavy (non-hydrogen) atoms. The molecule has 0 aliphatic carbocycles. The van der Waals surface area contributed by atoms with Crippen LogP contribution in [0.1, 0.15) is 37.1 Å². The lowest BCUT2D eigenvalue weighted by molar-refractivity contribution is -0.119. The van der Waals surface area contributed by atoms with E-state index < -0.39 is 12.1 Å². The van der Waals surface area contributed by atoms with E-state index in [1.165, 1.54) is 4.90 Å². The molecule has 1 atom stereocenters. The lowest BCUT2D eigenvalue weighted by atomic mass is 9.96. The number of halogens is 2. The minimum atomic E-state index is -0.554. The molecule has 1 N–H and O–H groups in total. The Labute approximate surface area is 255 Å². The Hall–Kier alpha value is -4.14. The van der Waals surface area contributed by atoms with Crippen molar-refractivity contribution in [2.24, 2.45) is 0 Å². The van der Waals surface area contributed by atoms with E-state index in [1.54, 1.807) is 37.3 Å². The normalized spacial score (nSPS) is 13.6. The summed E-state index contributed by atoms with van der Waals surface area (Å²) in [5.74, 6) is 0.983.